The van der Waals surface area contributed by atoms with Crippen molar-refractivity contribution in [3.63, 3.8) is 0 Å². The van der Waals surface area contributed by atoms with Crippen LogP contribution in [0.15, 0.2) is 30.3 Å². The van der Waals surface area contributed by atoms with Gasteiger partial charge in [-0.2, -0.15) is 0 Å². The number of hydrogen-bond acceptors (Lipinski definition) is 2. The lowest BCUT2D eigenvalue weighted by atomic mass is 10.0. The number of ether oxygens (including phenoxy) is 1. The molecule has 1 aliphatic heterocycles. The summed E-state index contributed by atoms with van der Waals surface area (Å²) in [5.41, 5.74) is 2.64. The SMILES string of the molecule is FCCCOc1ccc(C2=CCNCC2)cc1. The maximum atomic E-state index is 11.9. The monoisotopic (exact) mass is 235 g/mol. The molecule has 0 aliphatic carbocycles. The van der Waals surface area contributed by atoms with Gasteiger partial charge in [0, 0.05) is 13.0 Å². The standard InChI is InChI=1S/C14H18FNO/c15-8-1-11-17-14-4-2-12(3-5-14)13-6-9-16-10-7-13/h2-6,16H,1,7-11H2. The Morgan fingerprint density at radius 1 is 1.24 bits per heavy atom. The van der Waals surface area contributed by atoms with Crippen molar-refractivity contribution < 1.29 is 9.13 Å². The first-order chi connectivity index (χ1) is 8.40. The smallest absolute Gasteiger partial charge is 0.119 e. The first-order valence-corrected chi connectivity index (χ1v) is 6.09. The molecule has 1 heterocycles. The van der Waals surface area contributed by atoms with E-state index in [1.807, 2.05) is 12.1 Å². The van der Waals surface area contributed by atoms with E-state index in [-0.39, 0.29) is 6.67 Å². The molecule has 2 rings (SSSR count). The van der Waals surface area contributed by atoms with Gasteiger partial charge >= 0.3 is 0 Å². The van der Waals surface area contributed by atoms with Crippen LogP contribution < -0.4 is 10.1 Å². The molecule has 1 aromatic carbocycles. The van der Waals surface area contributed by atoms with E-state index in [9.17, 15) is 4.39 Å². The maximum Gasteiger partial charge on any atom is 0.119 e. The minimum absolute atomic E-state index is 0.321. The van der Waals surface area contributed by atoms with Crippen LogP contribution in [-0.4, -0.2) is 26.4 Å². The fourth-order valence-electron chi connectivity index (χ4n) is 1.89. The van der Waals surface area contributed by atoms with Crippen LogP contribution in [0, 0.1) is 0 Å². The molecule has 17 heavy (non-hydrogen) atoms. The third kappa shape index (κ3) is 3.56. The highest BCUT2D eigenvalue weighted by Crippen LogP contribution is 2.22. The van der Waals surface area contributed by atoms with Crippen LogP contribution in [0.5, 0.6) is 5.75 Å². The highest BCUT2D eigenvalue weighted by Gasteiger charge is 2.05. The molecule has 0 amide bonds. The summed E-state index contributed by atoms with van der Waals surface area (Å²) >= 11 is 0. The zero-order chi connectivity index (χ0) is 11.9. The van der Waals surface area contributed by atoms with Crippen molar-refractivity contribution in [3.8, 4) is 5.75 Å². The quantitative estimate of drug-likeness (QED) is 0.792. The molecule has 0 aromatic heterocycles. The largest absolute Gasteiger partial charge is 0.493 e. The van der Waals surface area contributed by atoms with Gasteiger partial charge in [0.15, 0.2) is 0 Å². The van der Waals surface area contributed by atoms with Crippen LogP contribution in [0.3, 0.4) is 0 Å². The Hall–Kier alpha value is -1.35. The highest BCUT2D eigenvalue weighted by atomic mass is 19.1. The van der Waals surface area contributed by atoms with Crippen LogP contribution in [0.25, 0.3) is 5.57 Å². The van der Waals surface area contributed by atoms with E-state index in [2.05, 4.69) is 23.5 Å². The Labute approximate surface area is 101 Å². The average molecular weight is 235 g/mol. The molecular weight excluding hydrogens is 217 g/mol. The molecule has 1 aliphatic rings. The third-order valence-corrected chi connectivity index (χ3v) is 2.84. The lowest BCUT2D eigenvalue weighted by Crippen LogP contribution is -2.19. The molecule has 0 atom stereocenters. The van der Waals surface area contributed by atoms with Crippen molar-refractivity contribution >= 4 is 5.57 Å². The summed E-state index contributed by atoms with van der Waals surface area (Å²) in [6.07, 6.45) is 3.75. The Kier molecular flexibility index (Phi) is 4.56. The molecule has 92 valence electrons. The molecule has 0 unspecified atom stereocenters. The Morgan fingerprint density at radius 2 is 2.06 bits per heavy atom. The minimum Gasteiger partial charge on any atom is -0.493 e. The molecule has 0 radical (unpaired) electrons. The molecule has 0 fully saturated rings. The number of benzene rings is 1. The summed E-state index contributed by atoms with van der Waals surface area (Å²) in [6.45, 7) is 2.12. The van der Waals surface area contributed by atoms with Gasteiger partial charge in [-0.05, 0) is 36.2 Å². The number of alkyl halides is 1. The fourth-order valence-corrected chi connectivity index (χ4v) is 1.89. The van der Waals surface area contributed by atoms with E-state index in [0.29, 0.717) is 13.0 Å². The van der Waals surface area contributed by atoms with Crippen LogP contribution in [0.2, 0.25) is 0 Å². The van der Waals surface area contributed by atoms with Crippen LogP contribution >= 0.6 is 0 Å². The predicted molar refractivity (Wildman–Crippen MR) is 68.0 cm³/mol. The van der Waals surface area contributed by atoms with Crippen molar-refractivity contribution in [1.82, 2.24) is 5.32 Å². The summed E-state index contributed by atoms with van der Waals surface area (Å²) in [5, 5.41) is 3.29. The van der Waals surface area contributed by atoms with E-state index in [1.165, 1.54) is 11.1 Å². The van der Waals surface area contributed by atoms with Crippen molar-refractivity contribution in [2.75, 3.05) is 26.4 Å². The average Bonchev–Trinajstić information content (AvgIpc) is 2.41. The summed E-state index contributed by atoms with van der Waals surface area (Å²) in [7, 11) is 0. The van der Waals surface area contributed by atoms with Gasteiger partial charge in [0.1, 0.15) is 5.75 Å². The topological polar surface area (TPSA) is 21.3 Å². The Morgan fingerprint density at radius 3 is 2.71 bits per heavy atom. The van der Waals surface area contributed by atoms with Crippen molar-refractivity contribution in [3.05, 3.63) is 35.9 Å². The molecule has 0 spiro atoms. The molecule has 1 aromatic rings. The van der Waals surface area contributed by atoms with Gasteiger partial charge in [0.25, 0.3) is 0 Å². The molecule has 1 N–H and O–H groups in total. The summed E-state index contributed by atoms with van der Waals surface area (Å²) < 4.78 is 17.3. The van der Waals surface area contributed by atoms with Gasteiger partial charge in [0.05, 0.1) is 13.3 Å². The summed E-state index contributed by atoms with van der Waals surface area (Å²) in [4.78, 5) is 0. The molecule has 0 saturated heterocycles. The number of nitrogens with one attached hydrogen (secondary N) is 1. The highest BCUT2D eigenvalue weighted by molar-refractivity contribution is 5.67. The summed E-state index contributed by atoms with van der Waals surface area (Å²) in [6, 6.07) is 8.05. The van der Waals surface area contributed by atoms with Gasteiger partial charge in [-0.25, -0.2) is 0 Å². The van der Waals surface area contributed by atoms with Crippen LogP contribution in [-0.2, 0) is 0 Å². The predicted octanol–water partition coefficient (Wildman–Crippen LogP) is 2.80. The van der Waals surface area contributed by atoms with E-state index in [0.717, 1.165) is 25.3 Å². The third-order valence-electron chi connectivity index (χ3n) is 2.84. The van der Waals surface area contributed by atoms with Gasteiger partial charge in [-0.15, -0.1) is 0 Å². The van der Waals surface area contributed by atoms with Gasteiger partial charge < -0.3 is 10.1 Å². The minimum atomic E-state index is -0.321. The molecule has 3 heteroatoms. The van der Waals surface area contributed by atoms with Crippen molar-refractivity contribution in [1.29, 1.82) is 0 Å². The number of halogens is 1. The van der Waals surface area contributed by atoms with Crippen molar-refractivity contribution in [2.24, 2.45) is 0 Å². The second-order valence-electron chi connectivity index (χ2n) is 4.10. The fraction of sp³-hybridized carbons (Fsp3) is 0.429. The Bertz CT molecular complexity index is 372. The Balaban J connectivity index is 1.95. The first kappa shape index (κ1) is 12.1. The van der Waals surface area contributed by atoms with Gasteiger partial charge in [-0.3, -0.25) is 4.39 Å². The lowest BCUT2D eigenvalue weighted by molar-refractivity contribution is 0.289. The van der Waals surface area contributed by atoms with E-state index in [4.69, 9.17) is 4.74 Å². The maximum absolute atomic E-state index is 11.9. The number of rotatable bonds is 5. The van der Waals surface area contributed by atoms with Crippen LogP contribution in [0.4, 0.5) is 4.39 Å². The second kappa shape index (κ2) is 6.40. The van der Waals surface area contributed by atoms with Crippen molar-refractivity contribution in [2.45, 2.75) is 12.8 Å². The lowest BCUT2D eigenvalue weighted by Gasteiger charge is -2.14. The number of hydrogen-bond donors (Lipinski definition) is 1. The van der Waals surface area contributed by atoms with E-state index >= 15 is 0 Å². The van der Waals surface area contributed by atoms with Gasteiger partial charge in [0.2, 0.25) is 0 Å². The van der Waals surface area contributed by atoms with Crippen LogP contribution in [0.1, 0.15) is 18.4 Å². The van der Waals surface area contributed by atoms with E-state index < -0.39 is 0 Å². The summed E-state index contributed by atoms with van der Waals surface area (Å²) in [5.74, 6) is 0.816. The molecule has 2 nitrogen and oxygen atoms in total. The van der Waals surface area contributed by atoms with Gasteiger partial charge in [-0.1, -0.05) is 18.2 Å². The molecular formula is C14H18FNO. The zero-order valence-electron chi connectivity index (χ0n) is 9.92. The van der Waals surface area contributed by atoms with E-state index in [1.54, 1.807) is 0 Å². The molecule has 0 saturated carbocycles. The first-order valence-electron chi connectivity index (χ1n) is 6.09. The normalized spacial score (nSPS) is 15.5. The second-order valence-corrected chi connectivity index (χ2v) is 4.10. The zero-order valence-corrected chi connectivity index (χ0v) is 9.92. The molecule has 0 bridgehead atoms.